The molecule has 5 aromatic rings. The van der Waals surface area contributed by atoms with E-state index in [-0.39, 0.29) is 6.23 Å². The molecule has 206 valence electrons. The molecule has 1 unspecified atom stereocenters. The number of benzene rings is 3. The van der Waals surface area contributed by atoms with Crippen LogP contribution in [0.4, 0.5) is 4.39 Å². The normalized spacial score (nSPS) is 18.5. The topological polar surface area (TPSA) is 68.6 Å². The van der Waals surface area contributed by atoms with E-state index in [1.165, 1.54) is 17.6 Å². The molecule has 0 radical (unpaired) electrons. The fraction of sp³-hybridized carbons (Fsp3) is 0.265. The summed E-state index contributed by atoms with van der Waals surface area (Å²) < 4.78 is 23.1. The number of fused-ring (bicyclic) bond motifs is 1. The Kier molecular flexibility index (Phi) is 7.03. The molecule has 6 nitrogen and oxygen atoms in total. The molecule has 3 aromatic carbocycles. The lowest BCUT2D eigenvalue weighted by atomic mass is 9.73. The molecule has 7 rings (SSSR count). The first-order valence-corrected chi connectivity index (χ1v) is 14.5. The first-order valence-electron chi connectivity index (χ1n) is 14.5. The van der Waals surface area contributed by atoms with Crippen molar-refractivity contribution in [3.63, 3.8) is 0 Å². The molecule has 3 heterocycles. The van der Waals surface area contributed by atoms with Crippen molar-refractivity contribution in [3.8, 4) is 0 Å². The summed E-state index contributed by atoms with van der Waals surface area (Å²) in [5, 5.41) is 15.4. The number of aromatic amines is 1. The SMILES string of the molecule is Fc1nn(C2CCCCO2)c2ccc(C(=C(c3ccccc3)C3CCC3)c3ccc(C=Cc4cn[nH]n4)cc3)cc12. The van der Waals surface area contributed by atoms with Gasteiger partial charge in [0.2, 0.25) is 5.95 Å². The minimum absolute atomic E-state index is 0.218. The number of hydrogen-bond donors (Lipinski definition) is 1. The van der Waals surface area contributed by atoms with Crippen LogP contribution in [0.15, 0.2) is 79.0 Å². The summed E-state index contributed by atoms with van der Waals surface area (Å²) in [4.78, 5) is 0. The summed E-state index contributed by atoms with van der Waals surface area (Å²) >= 11 is 0. The maximum absolute atomic E-state index is 15.4. The van der Waals surface area contributed by atoms with Crippen LogP contribution in [-0.2, 0) is 4.74 Å². The quantitative estimate of drug-likeness (QED) is 0.211. The largest absolute Gasteiger partial charge is 0.356 e. The number of aromatic nitrogens is 5. The first-order chi connectivity index (χ1) is 20.2. The predicted molar refractivity (Wildman–Crippen MR) is 160 cm³/mol. The number of halogens is 1. The van der Waals surface area contributed by atoms with Crippen LogP contribution < -0.4 is 0 Å². The zero-order valence-electron chi connectivity index (χ0n) is 22.8. The van der Waals surface area contributed by atoms with Gasteiger partial charge in [0.25, 0.3) is 0 Å². The van der Waals surface area contributed by atoms with Crippen molar-refractivity contribution >= 4 is 34.2 Å². The Morgan fingerprint density at radius 3 is 2.41 bits per heavy atom. The average Bonchev–Trinajstić information content (AvgIpc) is 3.64. The van der Waals surface area contributed by atoms with Crippen molar-refractivity contribution in [3.05, 3.63) is 113 Å². The van der Waals surface area contributed by atoms with E-state index in [0.29, 0.717) is 17.9 Å². The minimum atomic E-state index is -0.450. The molecule has 1 saturated carbocycles. The summed E-state index contributed by atoms with van der Waals surface area (Å²) in [6, 6.07) is 25.3. The van der Waals surface area contributed by atoms with Gasteiger partial charge in [-0.15, -0.1) is 5.10 Å². The van der Waals surface area contributed by atoms with Gasteiger partial charge in [0, 0.05) is 6.61 Å². The van der Waals surface area contributed by atoms with Gasteiger partial charge in [-0.3, -0.25) is 0 Å². The average molecular weight is 546 g/mol. The van der Waals surface area contributed by atoms with Crippen LogP contribution in [0.3, 0.4) is 0 Å². The van der Waals surface area contributed by atoms with E-state index in [9.17, 15) is 0 Å². The van der Waals surface area contributed by atoms with E-state index in [1.54, 1.807) is 10.9 Å². The summed E-state index contributed by atoms with van der Waals surface area (Å²) in [5.74, 6) is 0.00617. The highest BCUT2D eigenvalue weighted by molar-refractivity contribution is 6.01. The Bertz CT molecular complexity index is 1690. The second-order valence-electron chi connectivity index (χ2n) is 10.9. The molecule has 0 bridgehead atoms. The molecule has 1 atom stereocenters. The maximum Gasteiger partial charge on any atom is 0.240 e. The zero-order valence-corrected chi connectivity index (χ0v) is 22.8. The number of nitrogens with zero attached hydrogens (tertiary/aromatic N) is 4. The molecule has 1 saturated heterocycles. The molecular formula is C34H32FN5O. The first kappa shape index (κ1) is 25.6. The highest BCUT2D eigenvalue weighted by Crippen LogP contribution is 2.45. The third-order valence-electron chi connectivity index (χ3n) is 8.33. The van der Waals surface area contributed by atoms with Crippen LogP contribution in [0.5, 0.6) is 0 Å². The van der Waals surface area contributed by atoms with Crippen molar-refractivity contribution in [2.24, 2.45) is 5.92 Å². The van der Waals surface area contributed by atoms with Crippen LogP contribution in [0.25, 0.3) is 34.2 Å². The molecular weight excluding hydrogens is 513 g/mol. The molecule has 0 amide bonds. The zero-order chi connectivity index (χ0) is 27.6. The summed E-state index contributed by atoms with van der Waals surface area (Å²) in [6.07, 6.45) is 11.9. The number of hydrogen-bond acceptors (Lipinski definition) is 4. The lowest BCUT2D eigenvalue weighted by molar-refractivity contribution is -0.0375. The maximum atomic E-state index is 15.4. The molecule has 2 fully saturated rings. The van der Waals surface area contributed by atoms with Crippen molar-refractivity contribution < 1.29 is 9.13 Å². The Balaban J connectivity index is 1.36. The summed E-state index contributed by atoms with van der Waals surface area (Å²) in [6.45, 7) is 0.685. The van der Waals surface area contributed by atoms with Gasteiger partial charge in [-0.2, -0.15) is 19.8 Å². The third-order valence-corrected chi connectivity index (χ3v) is 8.33. The number of ether oxygens (including phenoxy) is 1. The van der Waals surface area contributed by atoms with Gasteiger partial charge in [0.05, 0.1) is 17.1 Å². The lowest BCUT2D eigenvalue weighted by Crippen LogP contribution is -2.19. The van der Waals surface area contributed by atoms with E-state index in [1.807, 2.05) is 24.3 Å². The molecule has 0 spiro atoms. The second kappa shape index (κ2) is 11.3. The smallest absolute Gasteiger partial charge is 0.240 e. The second-order valence-corrected chi connectivity index (χ2v) is 10.9. The fourth-order valence-electron chi connectivity index (χ4n) is 6.00. The molecule has 2 aromatic heterocycles. The van der Waals surface area contributed by atoms with Crippen molar-refractivity contribution in [2.75, 3.05) is 6.61 Å². The molecule has 41 heavy (non-hydrogen) atoms. The van der Waals surface area contributed by atoms with Gasteiger partial charge in [-0.1, -0.05) is 73.2 Å². The Morgan fingerprint density at radius 1 is 0.878 bits per heavy atom. The van der Waals surface area contributed by atoms with Crippen molar-refractivity contribution in [1.29, 1.82) is 0 Å². The molecule has 1 N–H and O–H groups in total. The van der Waals surface area contributed by atoms with Gasteiger partial charge in [-0.25, -0.2) is 4.68 Å². The number of nitrogens with one attached hydrogen (secondary N) is 1. The van der Waals surface area contributed by atoms with Crippen molar-refractivity contribution in [1.82, 2.24) is 25.2 Å². The van der Waals surface area contributed by atoms with Gasteiger partial charge in [0.1, 0.15) is 5.69 Å². The van der Waals surface area contributed by atoms with Crippen LogP contribution in [0, 0.1) is 11.9 Å². The highest BCUT2D eigenvalue weighted by Gasteiger charge is 2.28. The van der Waals surface area contributed by atoms with E-state index in [4.69, 9.17) is 4.74 Å². The van der Waals surface area contributed by atoms with Crippen LogP contribution in [-0.4, -0.2) is 31.8 Å². The predicted octanol–water partition coefficient (Wildman–Crippen LogP) is 7.92. The van der Waals surface area contributed by atoms with Crippen LogP contribution >= 0.6 is 0 Å². The Morgan fingerprint density at radius 2 is 1.71 bits per heavy atom. The Labute approximate surface area is 238 Å². The van der Waals surface area contributed by atoms with Crippen molar-refractivity contribution in [2.45, 2.75) is 44.8 Å². The minimum Gasteiger partial charge on any atom is -0.356 e. The Hall–Kier alpha value is -4.36. The van der Waals surface area contributed by atoms with E-state index in [2.05, 4.69) is 81.2 Å². The van der Waals surface area contributed by atoms with E-state index in [0.717, 1.165) is 65.6 Å². The van der Waals surface area contributed by atoms with E-state index < -0.39 is 5.95 Å². The standard InChI is InChI=1S/C34H32FN5O/c35-34-29-21-27(17-19-30(29)40(38-34)31-11-4-5-20-41-31)33(32(25-9-6-10-25)24-7-2-1-3-8-24)26-15-12-23(13-16-26)14-18-28-22-36-39-37-28/h1-3,7-8,12-19,21-22,25,31H,4-6,9-11,20H2,(H,36,37,39). The number of rotatable bonds is 7. The molecule has 7 heteroatoms. The fourth-order valence-corrected chi connectivity index (χ4v) is 6.00. The third kappa shape index (κ3) is 5.13. The molecule has 2 aliphatic rings. The number of H-pyrrole nitrogens is 1. The summed E-state index contributed by atoms with van der Waals surface area (Å²) in [7, 11) is 0. The number of allylic oxidation sites excluding steroid dienone is 1. The van der Waals surface area contributed by atoms with Gasteiger partial charge in [-0.05, 0) is 89.6 Å². The highest BCUT2D eigenvalue weighted by atomic mass is 19.1. The van der Waals surface area contributed by atoms with Crippen LogP contribution in [0.2, 0.25) is 0 Å². The summed E-state index contributed by atoms with van der Waals surface area (Å²) in [5.41, 5.74) is 8.41. The van der Waals surface area contributed by atoms with E-state index >= 15 is 4.39 Å². The molecule has 1 aliphatic carbocycles. The molecule has 1 aliphatic heterocycles. The van der Waals surface area contributed by atoms with Gasteiger partial charge < -0.3 is 4.74 Å². The monoisotopic (exact) mass is 545 g/mol. The van der Waals surface area contributed by atoms with Gasteiger partial charge >= 0.3 is 0 Å². The van der Waals surface area contributed by atoms with Crippen LogP contribution in [0.1, 0.15) is 72.7 Å². The van der Waals surface area contributed by atoms with Gasteiger partial charge in [0.15, 0.2) is 6.23 Å². The lowest BCUT2D eigenvalue weighted by Gasteiger charge is -2.31.